The van der Waals surface area contributed by atoms with Crippen molar-refractivity contribution in [3.05, 3.63) is 46.6 Å². The highest BCUT2D eigenvalue weighted by atomic mass is 79.9. The molecule has 20 heavy (non-hydrogen) atoms. The van der Waals surface area contributed by atoms with E-state index in [1.165, 1.54) is 6.07 Å². The molecule has 0 atom stereocenters. The summed E-state index contributed by atoms with van der Waals surface area (Å²) in [4.78, 5) is 8.64. The van der Waals surface area contributed by atoms with Crippen molar-refractivity contribution < 1.29 is 4.39 Å². The number of hydrogen-bond acceptors (Lipinski definition) is 3. The fourth-order valence-corrected chi connectivity index (χ4v) is 2.16. The van der Waals surface area contributed by atoms with Gasteiger partial charge in [-0.3, -0.25) is 0 Å². The zero-order valence-corrected chi connectivity index (χ0v) is 13.1. The van der Waals surface area contributed by atoms with Crippen LogP contribution in [0.1, 0.15) is 26.1 Å². The number of aryl methyl sites for hydroxylation is 1. The van der Waals surface area contributed by atoms with Crippen molar-refractivity contribution in [1.29, 1.82) is 0 Å². The van der Waals surface area contributed by atoms with Crippen LogP contribution in [0.25, 0.3) is 11.3 Å². The lowest BCUT2D eigenvalue weighted by atomic mass is 10.00. The maximum absolute atomic E-state index is 13.9. The first-order valence-corrected chi connectivity index (χ1v) is 7.21. The maximum atomic E-state index is 13.9. The Hall–Kier alpha value is -1.33. The summed E-state index contributed by atoms with van der Waals surface area (Å²) < 4.78 is 14.7. The van der Waals surface area contributed by atoms with Gasteiger partial charge in [-0.15, -0.1) is 0 Å². The minimum atomic E-state index is -0.294. The Balaban J connectivity index is 2.27. The number of halogens is 2. The Morgan fingerprint density at radius 3 is 2.75 bits per heavy atom. The molecule has 0 fully saturated rings. The minimum absolute atomic E-state index is 0.264. The van der Waals surface area contributed by atoms with Crippen LogP contribution < -0.4 is 5.73 Å². The first-order valence-electron chi connectivity index (χ1n) is 6.41. The van der Waals surface area contributed by atoms with E-state index < -0.39 is 0 Å². The second kappa shape index (κ2) is 5.97. The molecule has 0 bridgehead atoms. The van der Waals surface area contributed by atoms with Gasteiger partial charge in [0.2, 0.25) is 0 Å². The quantitative estimate of drug-likeness (QED) is 0.924. The number of aromatic nitrogens is 2. The molecule has 2 rings (SSSR count). The third kappa shape index (κ3) is 4.08. The van der Waals surface area contributed by atoms with E-state index in [1.54, 1.807) is 24.4 Å². The number of hydrogen-bond donors (Lipinski definition) is 1. The molecule has 0 spiro atoms. The maximum Gasteiger partial charge on any atom is 0.132 e. The molecule has 1 aromatic heterocycles. The van der Waals surface area contributed by atoms with Crippen LogP contribution in [0.15, 0.2) is 34.9 Å². The van der Waals surface area contributed by atoms with Gasteiger partial charge in [-0.05, 0) is 44.5 Å². The highest BCUT2D eigenvalue weighted by molar-refractivity contribution is 9.10. The second-order valence-electron chi connectivity index (χ2n) is 5.47. The van der Waals surface area contributed by atoms with Crippen molar-refractivity contribution in [2.45, 2.75) is 32.2 Å². The number of rotatable bonds is 4. The van der Waals surface area contributed by atoms with Crippen molar-refractivity contribution in [3.63, 3.8) is 0 Å². The molecule has 0 saturated heterocycles. The summed E-state index contributed by atoms with van der Waals surface area (Å²) in [5.41, 5.74) is 6.75. The fourth-order valence-electron chi connectivity index (χ4n) is 1.80. The SMILES string of the molecule is CC(C)(N)CCc1nccc(-c2cc(Br)ccc2F)n1. The lowest BCUT2D eigenvalue weighted by Crippen LogP contribution is -2.32. The summed E-state index contributed by atoms with van der Waals surface area (Å²) in [5, 5.41) is 0. The van der Waals surface area contributed by atoms with E-state index in [9.17, 15) is 4.39 Å². The van der Waals surface area contributed by atoms with Crippen molar-refractivity contribution in [3.8, 4) is 11.3 Å². The smallest absolute Gasteiger partial charge is 0.132 e. The average molecular weight is 338 g/mol. The van der Waals surface area contributed by atoms with Crippen molar-refractivity contribution >= 4 is 15.9 Å². The summed E-state index contributed by atoms with van der Waals surface area (Å²) in [6.07, 6.45) is 3.10. The Labute approximate surface area is 126 Å². The Bertz CT molecular complexity index is 608. The van der Waals surface area contributed by atoms with E-state index >= 15 is 0 Å². The van der Waals surface area contributed by atoms with Gasteiger partial charge in [-0.2, -0.15) is 0 Å². The van der Waals surface area contributed by atoms with E-state index in [-0.39, 0.29) is 11.4 Å². The van der Waals surface area contributed by atoms with Crippen LogP contribution in [0.2, 0.25) is 0 Å². The summed E-state index contributed by atoms with van der Waals surface area (Å²) in [5.74, 6) is 0.386. The van der Waals surface area contributed by atoms with Gasteiger partial charge < -0.3 is 5.73 Å². The van der Waals surface area contributed by atoms with E-state index in [1.807, 2.05) is 13.8 Å². The van der Waals surface area contributed by atoms with Crippen LogP contribution in [-0.4, -0.2) is 15.5 Å². The number of nitrogens with two attached hydrogens (primary N) is 1. The topological polar surface area (TPSA) is 51.8 Å². The third-order valence-electron chi connectivity index (χ3n) is 2.90. The van der Waals surface area contributed by atoms with E-state index in [0.717, 1.165) is 10.9 Å². The van der Waals surface area contributed by atoms with E-state index in [0.29, 0.717) is 23.5 Å². The highest BCUT2D eigenvalue weighted by Gasteiger charge is 2.13. The molecule has 2 N–H and O–H groups in total. The molecule has 106 valence electrons. The van der Waals surface area contributed by atoms with Gasteiger partial charge in [0.05, 0.1) is 5.69 Å². The number of benzene rings is 1. The Morgan fingerprint density at radius 1 is 1.30 bits per heavy atom. The second-order valence-corrected chi connectivity index (χ2v) is 6.39. The lowest BCUT2D eigenvalue weighted by molar-refractivity contribution is 0.471. The third-order valence-corrected chi connectivity index (χ3v) is 3.40. The molecule has 0 radical (unpaired) electrons. The molecule has 0 amide bonds. The van der Waals surface area contributed by atoms with Crippen LogP contribution in [0, 0.1) is 5.82 Å². The summed E-state index contributed by atoms with van der Waals surface area (Å²) in [7, 11) is 0. The normalized spacial score (nSPS) is 11.7. The molecule has 0 aliphatic carbocycles. The molecule has 0 unspecified atom stereocenters. The van der Waals surface area contributed by atoms with Crippen LogP contribution in [-0.2, 0) is 6.42 Å². The van der Waals surface area contributed by atoms with E-state index in [4.69, 9.17) is 5.73 Å². The van der Waals surface area contributed by atoms with Gasteiger partial charge in [0.25, 0.3) is 0 Å². The molecule has 3 nitrogen and oxygen atoms in total. The molecule has 0 aliphatic heterocycles. The minimum Gasteiger partial charge on any atom is -0.326 e. The van der Waals surface area contributed by atoms with Gasteiger partial charge >= 0.3 is 0 Å². The molecular weight excluding hydrogens is 321 g/mol. The summed E-state index contributed by atoms with van der Waals surface area (Å²) in [6, 6.07) is 6.51. The highest BCUT2D eigenvalue weighted by Crippen LogP contribution is 2.24. The largest absolute Gasteiger partial charge is 0.326 e. The monoisotopic (exact) mass is 337 g/mol. The van der Waals surface area contributed by atoms with E-state index in [2.05, 4.69) is 25.9 Å². The summed E-state index contributed by atoms with van der Waals surface area (Å²) in [6.45, 7) is 3.93. The number of nitrogens with zero attached hydrogens (tertiary/aromatic N) is 2. The Morgan fingerprint density at radius 2 is 2.05 bits per heavy atom. The molecule has 1 heterocycles. The first kappa shape index (κ1) is 15.1. The molecule has 0 aliphatic rings. The standard InChI is InChI=1S/C15H17BrFN3/c1-15(2,18)7-5-14-19-8-6-13(20-14)11-9-10(16)3-4-12(11)17/h3-4,6,8-9H,5,7,18H2,1-2H3. The molecule has 5 heteroatoms. The van der Waals surface area contributed by atoms with Gasteiger partial charge in [0, 0.05) is 28.2 Å². The molecule has 2 aromatic rings. The van der Waals surface area contributed by atoms with Gasteiger partial charge in [0.1, 0.15) is 11.6 Å². The predicted octanol–water partition coefficient (Wildman–Crippen LogP) is 3.72. The lowest BCUT2D eigenvalue weighted by Gasteiger charge is -2.17. The van der Waals surface area contributed by atoms with Crippen molar-refractivity contribution in [2.24, 2.45) is 5.73 Å². The van der Waals surface area contributed by atoms with Crippen molar-refractivity contribution in [1.82, 2.24) is 9.97 Å². The van der Waals surface area contributed by atoms with Crippen LogP contribution in [0.5, 0.6) is 0 Å². The summed E-state index contributed by atoms with van der Waals surface area (Å²) >= 11 is 3.34. The van der Waals surface area contributed by atoms with Crippen LogP contribution >= 0.6 is 15.9 Å². The van der Waals surface area contributed by atoms with Crippen LogP contribution in [0.4, 0.5) is 4.39 Å². The predicted molar refractivity (Wildman–Crippen MR) is 81.7 cm³/mol. The van der Waals surface area contributed by atoms with Gasteiger partial charge in [-0.1, -0.05) is 15.9 Å². The fraction of sp³-hybridized carbons (Fsp3) is 0.333. The van der Waals surface area contributed by atoms with Crippen molar-refractivity contribution in [2.75, 3.05) is 0 Å². The Kier molecular flexibility index (Phi) is 4.50. The van der Waals surface area contributed by atoms with Gasteiger partial charge in [0.15, 0.2) is 0 Å². The zero-order valence-electron chi connectivity index (χ0n) is 11.5. The molecule has 1 aromatic carbocycles. The first-order chi connectivity index (χ1) is 9.35. The average Bonchev–Trinajstić information content (AvgIpc) is 2.39. The van der Waals surface area contributed by atoms with Crippen LogP contribution in [0.3, 0.4) is 0 Å². The zero-order chi connectivity index (χ0) is 14.8. The molecule has 0 saturated carbocycles. The van der Waals surface area contributed by atoms with Gasteiger partial charge in [-0.25, -0.2) is 14.4 Å². The molecular formula is C15H17BrFN3.